The topological polar surface area (TPSA) is 73.0 Å². The highest BCUT2D eigenvalue weighted by Gasteiger charge is 2.30. The van der Waals surface area contributed by atoms with Gasteiger partial charge in [-0.15, -0.1) is 0 Å². The fourth-order valence-corrected chi connectivity index (χ4v) is 4.80. The van der Waals surface area contributed by atoms with Gasteiger partial charge in [0.25, 0.3) is 0 Å². The van der Waals surface area contributed by atoms with E-state index in [0.29, 0.717) is 19.1 Å². The second-order valence-corrected chi connectivity index (χ2v) is 8.43. The lowest BCUT2D eigenvalue weighted by Gasteiger charge is -2.36. The molecular formula is C24H35N5O2. The Labute approximate surface area is 184 Å². The SMILES string of the molecule is CCc1cccc2c(CCNC(=NC)N3CCC(C(=O)N4CCOCC4)CC3)c[nH]c12. The summed E-state index contributed by atoms with van der Waals surface area (Å²) in [6.07, 6.45) is 5.89. The second kappa shape index (κ2) is 10.2. The van der Waals surface area contributed by atoms with Gasteiger partial charge >= 0.3 is 0 Å². The normalized spacial score (nSPS) is 18.6. The van der Waals surface area contributed by atoms with Crippen LogP contribution in [0.2, 0.25) is 0 Å². The minimum atomic E-state index is 0.131. The summed E-state index contributed by atoms with van der Waals surface area (Å²) in [7, 11) is 1.84. The average Bonchev–Trinajstić information content (AvgIpc) is 3.25. The number of benzene rings is 1. The van der Waals surface area contributed by atoms with Crippen LogP contribution in [-0.2, 0) is 22.4 Å². The highest BCUT2D eigenvalue weighted by atomic mass is 16.5. The molecule has 0 bridgehead atoms. The summed E-state index contributed by atoms with van der Waals surface area (Å²) in [5.41, 5.74) is 3.96. The molecule has 4 rings (SSSR count). The van der Waals surface area contributed by atoms with E-state index in [1.165, 1.54) is 22.0 Å². The maximum Gasteiger partial charge on any atom is 0.225 e. The molecule has 1 aromatic heterocycles. The lowest BCUT2D eigenvalue weighted by molar-refractivity contribution is -0.140. The highest BCUT2D eigenvalue weighted by Crippen LogP contribution is 2.23. The number of H-pyrrole nitrogens is 1. The second-order valence-electron chi connectivity index (χ2n) is 8.43. The summed E-state index contributed by atoms with van der Waals surface area (Å²) >= 11 is 0. The van der Waals surface area contributed by atoms with Crippen molar-refractivity contribution in [1.29, 1.82) is 0 Å². The van der Waals surface area contributed by atoms with Crippen molar-refractivity contribution in [2.24, 2.45) is 10.9 Å². The Morgan fingerprint density at radius 2 is 1.94 bits per heavy atom. The number of hydrogen-bond donors (Lipinski definition) is 2. The first-order chi connectivity index (χ1) is 15.2. The molecule has 3 heterocycles. The van der Waals surface area contributed by atoms with Crippen molar-refractivity contribution < 1.29 is 9.53 Å². The van der Waals surface area contributed by atoms with E-state index in [1.54, 1.807) is 0 Å². The van der Waals surface area contributed by atoms with Crippen LogP contribution in [0.1, 0.15) is 30.9 Å². The predicted molar refractivity (Wildman–Crippen MR) is 124 cm³/mol. The molecule has 31 heavy (non-hydrogen) atoms. The van der Waals surface area contributed by atoms with Crippen LogP contribution in [0, 0.1) is 5.92 Å². The van der Waals surface area contributed by atoms with Crippen molar-refractivity contribution in [2.45, 2.75) is 32.6 Å². The van der Waals surface area contributed by atoms with Crippen LogP contribution in [-0.4, -0.2) is 79.6 Å². The molecule has 2 aliphatic heterocycles. The number of morpholine rings is 1. The van der Waals surface area contributed by atoms with Crippen molar-refractivity contribution in [3.8, 4) is 0 Å². The van der Waals surface area contributed by atoms with Gasteiger partial charge in [-0.1, -0.05) is 25.1 Å². The number of rotatable bonds is 5. The number of aliphatic imine (C=N–C) groups is 1. The summed E-state index contributed by atoms with van der Waals surface area (Å²) in [6, 6.07) is 6.54. The predicted octanol–water partition coefficient (Wildman–Crippen LogP) is 2.42. The number of para-hydroxylation sites is 1. The molecule has 0 saturated carbocycles. The molecule has 1 amide bonds. The first-order valence-corrected chi connectivity index (χ1v) is 11.6. The lowest BCUT2D eigenvalue weighted by atomic mass is 9.95. The van der Waals surface area contributed by atoms with Crippen LogP contribution < -0.4 is 5.32 Å². The monoisotopic (exact) mass is 425 g/mol. The quantitative estimate of drug-likeness (QED) is 0.570. The summed E-state index contributed by atoms with van der Waals surface area (Å²) in [6.45, 7) is 7.56. The molecule has 0 atom stereocenters. The Morgan fingerprint density at radius 1 is 1.16 bits per heavy atom. The molecule has 0 spiro atoms. The summed E-state index contributed by atoms with van der Waals surface area (Å²) in [5.74, 6) is 1.37. The van der Waals surface area contributed by atoms with Crippen molar-refractivity contribution in [2.75, 3.05) is 53.0 Å². The zero-order chi connectivity index (χ0) is 21.6. The fourth-order valence-electron chi connectivity index (χ4n) is 4.80. The van der Waals surface area contributed by atoms with Crippen molar-refractivity contribution in [1.82, 2.24) is 20.1 Å². The summed E-state index contributed by atoms with van der Waals surface area (Å²) < 4.78 is 5.37. The smallest absolute Gasteiger partial charge is 0.225 e. The van der Waals surface area contributed by atoms with Crippen molar-refractivity contribution >= 4 is 22.8 Å². The minimum Gasteiger partial charge on any atom is -0.378 e. The molecule has 0 unspecified atom stereocenters. The number of aryl methyl sites for hydroxylation is 1. The molecule has 2 saturated heterocycles. The number of amides is 1. The Bertz CT molecular complexity index is 908. The number of ether oxygens (including phenoxy) is 1. The van der Waals surface area contributed by atoms with E-state index in [9.17, 15) is 4.79 Å². The Morgan fingerprint density at radius 3 is 2.65 bits per heavy atom. The Balaban J connectivity index is 1.27. The van der Waals surface area contributed by atoms with Crippen LogP contribution in [0.25, 0.3) is 10.9 Å². The lowest BCUT2D eigenvalue weighted by Crippen LogP contribution is -2.50. The number of fused-ring (bicyclic) bond motifs is 1. The molecule has 0 aliphatic carbocycles. The molecule has 7 nitrogen and oxygen atoms in total. The van der Waals surface area contributed by atoms with Crippen LogP contribution in [0.15, 0.2) is 29.4 Å². The van der Waals surface area contributed by atoms with Gasteiger partial charge in [0.1, 0.15) is 0 Å². The van der Waals surface area contributed by atoms with Gasteiger partial charge in [0.05, 0.1) is 13.2 Å². The van der Waals surface area contributed by atoms with Gasteiger partial charge in [0, 0.05) is 62.8 Å². The number of carbonyl (C=O) groups excluding carboxylic acids is 1. The van der Waals surface area contributed by atoms with Gasteiger partial charge in [-0.05, 0) is 36.8 Å². The summed E-state index contributed by atoms with van der Waals surface area (Å²) in [5, 5.41) is 4.85. The first-order valence-electron chi connectivity index (χ1n) is 11.6. The molecule has 168 valence electrons. The van der Waals surface area contributed by atoms with E-state index in [1.807, 2.05) is 11.9 Å². The van der Waals surface area contributed by atoms with E-state index in [2.05, 4.69) is 51.5 Å². The minimum absolute atomic E-state index is 0.131. The number of nitrogens with zero attached hydrogens (tertiary/aromatic N) is 3. The number of aromatic nitrogens is 1. The molecule has 2 aliphatic rings. The standard InChI is InChI=1S/C24H35N5O2/c1-3-18-5-4-6-21-20(17-27-22(18)21)7-10-26-24(25-2)29-11-8-19(9-12-29)23(30)28-13-15-31-16-14-28/h4-6,17,19,27H,3,7-16H2,1-2H3,(H,25,26). The Kier molecular flexibility index (Phi) is 7.12. The van der Waals surface area contributed by atoms with E-state index in [-0.39, 0.29) is 5.92 Å². The molecule has 1 aromatic carbocycles. The van der Waals surface area contributed by atoms with E-state index in [4.69, 9.17) is 4.74 Å². The van der Waals surface area contributed by atoms with Gasteiger partial charge in [0.2, 0.25) is 5.91 Å². The van der Waals surface area contributed by atoms with Crippen LogP contribution in [0.4, 0.5) is 0 Å². The number of piperidine rings is 1. The van der Waals surface area contributed by atoms with E-state index in [0.717, 1.165) is 64.4 Å². The first kappa shape index (κ1) is 21.7. The maximum atomic E-state index is 12.8. The maximum absolute atomic E-state index is 12.8. The number of hydrogen-bond acceptors (Lipinski definition) is 3. The zero-order valence-electron chi connectivity index (χ0n) is 18.8. The highest BCUT2D eigenvalue weighted by molar-refractivity contribution is 5.86. The van der Waals surface area contributed by atoms with E-state index < -0.39 is 0 Å². The van der Waals surface area contributed by atoms with Gasteiger partial charge in [-0.25, -0.2) is 0 Å². The van der Waals surface area contributed by atoms with Gasteiger partial charge in [-0.2, -0.15) is 0 Å². The fraction of sp³-hybridized carbons (Fsp3) is 0.583. The number of carbonyl (C=O) groups is 1. The van der Waals surface area contributed by atoms with Gasteiger partial charge in [-0.3, -0.25) is 9.79 Å². The molecular weight excluding hydrogens is 390 g/mol. The van der Waals surface area contributed by atoms with Crippen molar-refractivity contribution in [3.05, 3.63) is 35.5 Å². The number of nitrogens with one attached hydrogen (secondary N) is 2. The van der Waals surface area contributed by atoms with Crippen LogP contribution >= 0.6 is 0 Å². The van der Waals surface area contributed by atoms with Crippen LogP contribution in [0.5, 0.6) is 0 Å². The number of likely N-dealkylation sites (tertiary alicyclic amines) is 1. The van der Waals surface area contributed by atoms with Gasteiger partial charge < -0.3 is 24.8 Å². The third kappa shape index (κ3) is 4.87. The molecule has 0 radical (unpaired) electrons. The largest absolute Gasteiger partial charge is 0.378 e. The Hall–Kier alpha value is -2.54. The van der Waals surface area contributed by atoms with Crippen molar-refractivity contribution in [3.63, 3.8) is 0 Å². The van der Waals surface area contributed by atoms with Crippen LogP contribution in [0.3, 0.4) is 0 Å². The number of guanidine groups is 1. The molecule has 2 aromatic rings. The third-order valence-electron chi connectivity index (χ3n) is 6.62. The number of aromatic amines is 1. The third-order valence-corrected chi connectivity index (χ3v) is 6.62. The zero-order valence-corrected chi connectivity index (χ0v) is 18.8. The summed E-state index contributed by atoms with van der Waals surface area (Å²) in [4.78, 5) is 25.0. The van der Waals surface area contributed by atoms with Gasteiger partial charge in [0.15, 0.2) is 5.96 Å². The molecule has 2 fully saturated rings. The van der Waals surface area contributed by atoms with E-state index >= 15 is 0 Å². The molecule has 2 N–H and O–H groups in total. The average molecular weight is 426 g/mol. The molecule has 7 heteroatoms.